The molecule has 7 nitrogen and oxygen atoms in total. The van der Waals surface area contributed by atoms with E-state index < -0.39 is 10.0 Å². The van der Waals surface area contributed by atoms with Gasteiger partial charge in [-0.2, -0.15) is 9.40 Å². The van der Waals surface area contributed by atoms with Crippen LogP contribution >= 0.6 is 0 Å². The summed E-state index contributed by atoms with van der Waals surface area (Å²) in [6.07, 6.45) is 1.05. The van der Waals surface area contributed by atoms with Crippen LogP contribution in [0.5, 0.6) is 0 Å². The quantitative estimate of drug-likeness (QED) is 0.571. The summed E-state index contributed by atoms with van der Waals surface area (Å²) in [6.45, 7) is 14.1. The van der Waals surface area contributed by atoms with E-state index in [0.717, 1.165) is 29.1 Å². The number of amides is 1. The zero-order chi connectivity index (χ0) is 23.2. The summed E-state index contributed by atoms with van der Waals surface area (Å²) in [6, 6.07) is 6.71. The van der Waals surface area contributed by atoms with Crippen LogP contribution in [-0.4, -0.2) is 41.5 Å². The number of rotatable bonds is 11. The molecule has 1 aromatic heterocycles. The van der Waals surface area contributed by atoms with Crippen LogP contribution < -0.4 is 5.32 Å². The van der Waals surface area contributed by atoms with Gasteiger partial charge in [-0.1, -0.05) is 39.8 Å². The van der Waals surface area contributed by atoms with Crippen LogP contribution in [0.1, 0.15) is 56.6 Å². The Morgan fingerprint density at radius 1 is 1.13 bits per heavy atom. The molecule has 1 N–H and O–H groups in total. The third kappa shape index (κ3) is 6.40. The topological polar surface area (TPSA) is 84.3 Å². The molecule has 31 heavy (non-hydrogen) atoms. The third-order valence-corrected chi connectivity index (χ3v) is 7.49. The minimum Gasteiger partial charge on any atom is -0.352 e. The van der Waals surface area contributed by atoms with Crippen molar-refractivity contribution in [3.05, 3.63) is 46.8 Å². The number of hydrogen-bond acceptors (Lipinski definition) is 4. The molecule has 0 aliphatic carbocycles. The maximum Gasteiger partial charge on any atom is 0.243 e. The fourth-order valence-corrected chi connectivity index (χ4v) is 5.10. The predicted molar refractivity (Wildman–Crippen MR) is 123 cm³/mol. The van der Waals surface area contributed by atoms with Crippen LogP contribution in [0.3, 0.4) is 0 Å². The first-order valence-corrected chi connectivity index (χ1v) is 12.4. The number of hydrogen-bond donors (Lipinski definition) is 1. The van der Waals surface area contributed by atoms with Crippen molar-refractivity contribution in [1.29, 1.82) is 0 Å². The maximum atomic E-state index is 12.6. The minimum atomic E-state index is -3.46. The molecule has 2 rings (SSSR count). The number of carbonyl (C=O) groups excluding carboxylic acids is 1. The average molecular weight is 449 g/mol. The number of aromatic nitrogens is 2. The second kappa shape index (κ2) is 10.9. The Bertz CT molecular complexity index is 975. The van der Waals surface area contributed by atoms with Crippen molar-refractivity contribution in [3.63, 3.8) is 0 Å². The summed E-state index contributed by atoms with van der Waals surface area (Å²) in [5, 5.41) is 7.53. The van der Waals surface area contributed by atoms with Crippen molar-refractivity contribution in [1.82, 2.24) is 19.4 Å². The minimum absolute atomic E-state index is 0.0322. The lowest BCUT2D eigenvalue weighted by Gasteiger charge is -2.18. The normalized spacial score (nSPS) is 12.0. The molecule has 8 heteroatoms. The summed E-state index contributed by atoms with van der Waals surface area (Å²) in [5.74, 6) is 0.484. The molecule has 2 aromatic rings. The van der Waals surface area contributed by atoms with Crippen LogP contribution in [0.2, 0.25) is 0 Å². The van der Waals surface area contributed by atoms with Gasteiger partial charge >= 0.3 is 0 Å². The lowest BCUT2D eigenvalue weighted by atomic mass is 10.1. The van der Waals surface area contributed by atoms with E-state index in [1.165, 1.54) is 4.31 Å². The highest BCUT2D eigenvalue weighted by atomic mass is 32.2. The molecule has 0 atom stereocenters. The predicted octanol–water partition coefficient (Wildman–Crippen LogP) is 3.44. The molecule has 172 valence electrons. The van der Waals surface area contributed by atoms with Crippen molar-refractivity contribution in [3.8, 4) is 0 Å². The number of carbonyl (C=O) groups is 1. The van der Waals surface area contributed by atoms with Crippen molar-refractivity contribution in [2.45, 2.75) is 72.4 Å². The molecular weight excluding hydrogens is 412 g/mol. The van der Waals surface area contributed by atoms with Crippen LogP contribution in [0.4, 0.5) is 0 Å². The first-order valence-electron chi connectivity index (χ1n) is 11.0. The second-order valence-electron chi connectivity index (χ2n) is 8.24. The van der Waals surface area contributed by atoms with Gasteiger partial charge in [-0.3, -0.25) is 9.48 Å². The molecule has 0 aliphatic heterocycles. The summed E-state index contributed by atoms with van der Waals surface area (Å²) >= 11 is 0. The number of sulfonamides is 1. The highest BCUT2D eigenvalue weighted by Crippen LogP contribution is 2.18. The largest absolute Gasteiger partial charge is 0.352 e. The third-order valence-electron chi connectivity index (χ3n) is 5.43. The van der Waals surface area contributed by atoms with E-state index in [4.69, 9.17) is 0 Å². The highest BCUT2D eigenvalue weighted by Gasteiger charge is 2.21. The monoisotopic (exact) mass is 448 g/mol. The molecule has 0 radical (unpaired) electrons. The Morgan fingerprint density at radius 3 is 2.29 bits per heavy atom. The zero-order valence-electron chi connectivity index (χ0n) is 19.6. The lowest BCUT2D eigenvalue weighted by Crippen LogP contribution is -2.30. The molecule has 0 saturated carbocycles. The van der Waals surface area contributed by atoms with E-state index in [1.54, 1.807) is 24.3 Å². The number of nitrogens with zero attached hydrogens (tertiary/aromatic N) is 3. The Kier molecular flexibility index (Phi) is 8.82. The smallest absolute Gasteiger partial charge is 0.243 e. The summed E-state index contributed by atoms with van der Waals surface area (Å²) < 4.78 is 28.6. The van der Waals surface area contributed by atoms with E-state index in [2.05, 4.69) is 31.2 Å². The fraction of sp³-hybridized carbons (Fsp3) is 0.565. The Labute approximate surface area is 186 Å². The molecule has 1 heterocycles. The van der Waals surface area contributed by atoms with Crippen LogP contribution in [0.15, 0.2) is 29.2 Å². The van der Waals surface area contributed by atoms with Gasteiger partial charge in [0, 0.05) is 38.3 Å². The SMILES string of the molecule is CCN(CC)S(=O)(=O)c1ccc(CNC(=O)CCc2c(C)nn(CC(C)C)c2C)cc1. The maximum absolute atomic E-state index is 12.6. The number of benzene rings is 1. The van der Waals surface area contributed by atoms with E-state index >= 15 is 0 Å². The number of aryl methyl sites for hydroxylation is 1. The Hall–Kier alpha value is -2.19. The number of nitrogens with one attached hydrogen (secondary N) is 1. The molecule has 1 aromatic carbocycles. The zero-order valence-corrected chi connectivity index (χ0v) is 20.4. The van der Waals surface area contributed by atoms with Crippen molar-refractivity contribution in [2.75, 3.05) is 13.1 Å². The Balaban J connectivity index is 1.92. The van der Waals surface area contributed by atoms with Gasteiger partial charge in [0.05, 0.1) is 10.6 Å². The Morgan fingerprint density at radius 2 is 1.74 bits per heavy atom. The summed E-state index contributed by atoms with van der Waals surface area (Å²) in [4.78, 5) is 12.6. The van der Waals surface area contributed by atoms with Gasteiger partial charge in [0.2, 0.25) is 15.9 Å². The van der Waals surface area contributed by atoms with Gasteiger partial charge in [0.15, 0.2) is 0 Å². The van der Waals surface area contributed by atoms with E-state index in [-0.39, 0.29) is 10.8 Å². The van der Waals surface area contributed by atoms with Crippen LogP contribution in [-0.2, 0) is 34.3 Å². The lowest BCUT2D eigenvalue weighted by molar-refractivity contribution is -0.121. The molecule has 0 fully saturated rings. The molecule has 0 saturated heterocycles. The first kappa shape index (κ1) is 25.1. The van der Waals surface area contributed by atoms with Gasteiger partial charge < -0.3 is 5.32 Å². The van der Waals surface area contributed by atoms with Crippen LogP contribution in [0.25, 0.3) is 0 Å². The molecule has 0 bridgehead atoms. The summed E-state index contributed by atoms with van der Waals surface area (Å²) in [7, 11) is -3.46. The molecule has 1 amide bonds. The standard InChI is InChI=1S/C23H36N4O3S/c1-7-26(8-2)31(29,30)21-11-9-20(10-12-21)15-24-23(28)14-13-22-18(5)25-27(19(22)6)16-17(3)4/h9-12,17H,7-8,13-16H2,1-6H3,(H,24,28). The van der Waals surface area contributed by atoms with Crippen molar-refractivity contribution < 1.29 is 13.2 Å². The average Bonchev–Trinajstić information content (AvgIpc) is 2.98. The summed E-state index contributed by atoms with van der Waals surface area (Å²) in [5.41, 5.74) is 4.12. The van der Waals surface area contributed by atoms with Gasteiger partial charge in [-0.15, -0.1) is 0 Å². The van der Waals surface area contributed by atoms with Crippen molar-refractivity contribution in [2.24, 2.45) is 5.92 Å². The molecule has 0 aliphatic rings. The van der Waals surface area contributed by atoms with Crippen LogP contribution in [0, 0.1) is 19.8 Å². The van der Waals surface area contributed by atoms with Gasteiger partial charge in [-0.05, 0) is 49.4 Å². The second-order valence-corrected chi connectivity index (χ2v) is 10.2. The van der Waals surface area contributed by atoms with E-state index in [9.17, 15) is 13.2 Å². The van der Waals surface area contributed by atoms with Gasteiger partial charge in [0.1, 0.15) is 0 Å². The molecule has 0 spiro atoms. The highest BCUT2D eigenvalue weighted by molar-refractivity contribution is 7.89. The van der Waals surface area contributed by atoms with E-state index in [1.807, 2.05) is 25.5 Å². The molecular formula is C23H36N4O3S. The van der Waals surface area contributed by atoms with Gasteiger partial charge in [0.25, 0.3) is 0 Å². The van der Waals surface area contributed by atoms with Crippen molar-refractivity contribution >= 4 is 15.9 Å². The first-order chi connectivity index (χ1) is 14.6. The van der Waals surface area contributed by atoms with E-state index in [0.29, 0.717) is 38.4 Å². The van der Waals surface area contributed by atoms with Gasteiger partial charge in [-0.25, -0.2) is 8.42 Å². The molecule has 0 unspecified atom stereocenters. The fourth-order valence-electron chi connectivity index (χ4n) is 3.64.